The third kappa shape index (κ3) is 4.59. The summed E-state index contributed by atoms with van der Waals surface area (Å²) in [5.41, 5.74) is 4.86. The average molecular weight is 414 g/mol. The molecule has 0 aliphatic heterocycles. The molecule has 4 aromatic rings. The second-order valence-electron chi connectivity index (χ2n) is 6.33. The summed E-state index contributed by atoms with van der Waals surface area (Å²) >= 11 is 1.46. The van der Waals surface area contributed by atoms with Crippen LogP contribution in [0.5, 0.6) is 5.75 Å². The molecular formula is C23H18N4O2S. The summed E-state index contributed by atoms with van der Waals surface area (Å²) in [6.45, 7) is 0.362. The molecule has 0 amide bonds. The van der Waals surface area contributed by atoms with E-state index in [1.165, 1.54) is 11.3 Å². The Morgan fingerprint density at radius 3 is 2.63 bits per heavy atom. The largest absolute Gasteiger partial charge is 0.487 e. The molecule has 0 aliphatic carbocycles. The molecule has 0 bridgehead atoms. The molecule has 7 heteroatoms. The molecule has 2 aromatic carbocycles. The number of rotatable bonds is 7. The van der Waals surface area contributed by atoms with E-state index in [4.69, 9.17) is 20.3 Å². The molecule has 0 saturated heterocycles. The van der Waals surface area contributed by atoms with Gasteiger partial charge in [-0.15, -0.1) is 11.3 Å². The zero-order valence-electron chi connectivity index (χ0n) is 15.9. The lowest BCUT2D eigenvalue weighted by Gasteiger charge is -2.10. The minimum atomic E-state index is -0.104. The minimum Gasteiger partial charge on any atom is -0.487 e. The van der Waals surface area contributed by atoms with Crippen molar-refractivity contribution in [3.05, 3.63) is 88.5 Å². The normalized spacial score (nSPS) is 11.3. The molecule has 2 aromatic heterocycles. The van der Waals surface area contributed by atoms with E-state index in [1.54, 1.807) is 11.7 Å². The number of nitrogens with zero attached hydrogens (tertiary/aromatic N) is 2. The van der Waals surface area contributed by atoms with Crippen molar-refractivity contribution in [3.8, 4) is 5.75 Å². The van der Waals surface area contributed by atoms with Gasteiger partial charge in [-0.3, -0.25) is 15.8 Å². The number of thiazole rings is 1. The summed E-state index contributed by atoms with van der Waals surface area (Å²) in [5, 5.41) is 16.3. The van der Waals surface area contributed by atoms with Gasteiger partial charge in [-0.2, -0.15) is 0 Å². The molecule has 0 unspecified atom stereocenters. The van der Waals surface area contributed by atoms with Gasteiger partial charge in [-0.1, -0.05) is 36.4 Å². The molecule has 0 saturated carbocycles. The quantitative estimate of drug-likeness (QED) is 0.312. The van der Waals surface area contributed by atoms with Crippen LogP contribution in [0.4, 0.5) is 0 Å². The lowest BCUT2D eigenvalue weighted by molar-refractivity contribution is 0.302. The zero-order chi connectivity index (χ0) is 20.8. The topological polar surface area (TPSA) is 91.9 Å². The molecule has 0 radical (unpaired) electrons. The van der Waals surface area contributed by atoms with Crippen molar-refractivity contribution in [2.75, 3.05) is 0 Å². The van der Waals surface area contributed by atoms with Crippen molar-refractivity contribution in [2.24, 2.45) is 0 Å². The highest BCUT2D eigenvalue weighted by atomic mass is 32.1. The van der Waals surface area contributed by atoms with E-state index in [0.29, 0.717) is 17.9 Å². The number of ether oxygens (including phenoxy) is 2. The van der Waals surface area contributed by atoms with Crippen molar-refractivity contribution in [3.63, 3.8) is 0 Å². The molecule has 0 fully saturated rings. The maximum Gasteiger partial charge on any atom is 0.221 e. The van der Waals surface area contributed by atoms with Crippen LogP contribution in [0, 0.1) is 10.8 Å². The van der Waals surface area contributed by atoms with Crippen LogP contribution >= 0.6 is 11.3 Å². The van der Waals surface area contributed by atoms with Crippen LogP contribution in [0.15, 0.2) is 72.4 Å². The van der Waals surface area contributed by atoms with Gasteiger partial charge in [0.05, 0.1) is 16.7 Å². The van der Waals surface area contributed by atoms with Gasteiger partial charge in [0.2, 0.25) is 5.90 Å². The van der Waals surface area contributed by atoms with Crippen molar-refractivity contribution < 1.29 is 9.47 Å². The number of para-hydroxylation sites is 1. The Hall–Kier alpha value is -3.84. The van der Waals surface area contributed by atoms with Crippen LogP contribution in [0.3, 0.4) is 0 Å². The summed E-state index contributed by atoms with van der Waals surface area (Å²) in [7, 11) is 0. The number of aromatic nitrogens is 2. The molecule has 148 valence electrons. The van der Waals surface area contributed by atoms with Gasteiger partial charge in [0, 0.05) is 22.0 Å². The predicted molar refractivity (Wildman–Crippen MR) is 120 cm³/mol. The maximum absolute atomic E-state index is 8.10. The minimum absolute atomic E-state index is 0.104. The standard InChI is InChI=1S/C23H18N4O2S/c24-14-29-23(25)21(11-20-12-26-15-30-20)16-6-9-19(10-7-16)28-13-18-8-5-17-3-1-2-4-22(17)27-18/h1-12,14-15,24-25H,13H2/b21-11+,24-14?,25-23?. The number of hydrogen-bond donors (Lipinski definition) is 2. The second kappa shape index (κ2) is 9.11. The van der Waals surface area contributed by atoms with Gasteiger partial charge in [0.15, 0.2) is 6.40 Å². The highest BCUT2D eigenvalue weighted by Gasteiger charge is 2.11. The molecule has 0 atom stereocenters. The Balaban J connectivity index is 1.50. The number of fused-ring (bicyclic) bond motifs is 1. The van der Waals surface area contributed by atoms with E-state index in [0.717, 1.165) is 33.4 Å². The fourth-order valence-electron chi connectivity index (χ4n) is 2.92. The Morgan fingerprint density at radius 1 is 1.03 bits per heavy atom. The monoisotopic (exact) mass is 414 g/mol. The number of hydrogen-bond acceptors (Lipinski definition) is 7. The lowest BCUT2D eigenvalue weighted by atomic mass is 10.0. The molecule has 6 nitrogen and oxygen atoms in total. The molecule has 2 heterocycles. The third-order valence-electron chi connectivity index (χ3n) is 4.37. The SMILES string of the molecule is N=COC(=N)/C(=C/c1cncs1)c1ccc(OCc2ccc3ccccc3n2)cc1. The highest BCUT2D eigenvalue weighted by Crippen LogP contribution is 2.24. The zero-order valence-corrected chi connectivity index (χ0v) is 16.7. The number of benzene rings is 2. The predicted octanol–water partition coefficient (Wildman–Crippen LogP) is 5.41. The van der Waals surface area contributed by atoms with Gasteiger partial charge in [0.1, 0.15) is 12.4 Å². The van der Waals surface area contributed by atoms with Crippen LogP contribution in [0.2, 0.25) is 0 Å². The highest BCUT2D eigenvalue weighted by molar-refractivity contribution is 7.10. The molecule has 30 heavy (non-hydrogen) atoms. The van der Waals surface area contributed by atoms with Crippen molar-refractivity contribution in [1.29, 1.82) is 10.8 Å². The fourth-order valence-corrected chi connectivity index (χ4v) is 3.47. The Kier molecular flexibility index (Phi) is 5.91. The van der Waals surface area contributed by atoms with E-state index in [2.05, 4.69) is 9.97 Å². The summed E-state index contributed by atoms with van der Waals surface area (Å²) in [5.74, 6) is 0.595. The second-order valence-corrected chi connectivity index (χ2v) is 7.25. The fraction of sp³-hybridized carbons (Fsp3) is 0.0435. The maximum atomic E-state index is 8.10. The Morgan fingerprint density at radius 2 is 1.87 bits per heavy atom. The van der Waals surface area contributed by atoms with E-state index in [1.807, 2.05) is 66.7 Å². The van der Waals surface area contributed by atoms with Gasteiger partial charge in [-0.25, -0.2) is 4.98 Å². The average Bonchev–Trinajstić information content (AvgIpc) is 3.30. The lowest BCUT2D eigenvalue weighted by Crippen LogP contribution is -2.05. The van der Waals surface area contributed by atoms with Crippen molar-refractivity contribution >= 4 is 46.2 Å². The van der Waals surface area contributed by atoms with Crippen LogP contribution in [0.1, 0.15) is 16.1 Å². The summed E-state index contributed by atoms with van der Waals surface area (Å²) < 4.78 is 10.9. The van der Waals surface area contributed by atoms with E-state index in [9.17, 15) is 0 Å². The third-order valence-corrected chi connectivity index (χ3v) is 5.09. The van der Waals surface area contributed by atoms with Crippen LogP contribution in [-0.4, -0.2) is 22.3 Å². The van der Waals surface area contributed by atoms with Crippen molar-refractivity contribution in [1.82, 2.24) is 9.97 Å². The first-order valence-electron chi connectivity index (χ1n) is 9.15. The van der Waals surface area contributed by atoms with Gasteiger partial charge in [0.25, 0.3) is 0 Å². The summed E-state index contributed by atoms with van der Waals surface area (Å²) in [4.78, 5) is 9.56. The molecule has 0 spiro atoms. The Bertz CT molecular complexity index is 1200. The first-order valence-corrected chi connectivity index (χ1v) is 10.0. The Labute approximate surface area is 177 Å². The smallest absolute Gasteiger partial charge is 0.221 e. The van der Waals surface area contributed by atoms with Gasteiger partial charge < -0.3 is 9.47 Å². The van der Waals surface area contributed by atoms with E-state index >= 15 is 0 Å². The van der Waals surface area contributed by atoms with Crippen LogP contribution in [-0.2, 0) is 11.3 Å². The number of pyridine rings is 1. The van der Waals surface area contributed by atoms with Gasteiger partial charge >= 0.3 is 0 Å². The molecular weight excluding hydrogens is 396 g/mol. The van der Waals surface area contributed by atoms with Crippen molar-refractivity contribution in [2.45, 2.75) is 6.61 Å². The van der Waals surface area contributed by atoms with Gasteiger partial charge in [-0.05, 0) is 35.9 Å². The molecule has 0 aliphatic rings. The number of nitrogens with one attached hydrogen (secondary N) is 2. The van der Waals surface area contributed by atoms with E-state index in [-0.39, 0.29) is 5.90 Å². The molecule has 2 N–H and O–H groups in total. The van der Waals surface area contributed by atoms with Crippen LogP contribution < -0.4 is 4.74 Å². The summed E-state index contributed by atoms with van der Waals surface area (Å²) in [6.07, 6.45) is 4.28. The first kappa shape index (κ1) is 19.5. The first-order chi connectivity index (χ1) is 14.7. The van der Waals surface area contributed by atoms with E-state index < -0.39 is 0 Å². The molecule has 4 rings (SSSR count). The summed E-state index contributed by atoms with van der Waals surface area (Å²) in [6, 6.07) is 19.4. The van der Waals surface area contributed by atoms with Crippen LogP contribution in [0.25, 0.3) is 22.6 Å².